The maximum Gasteiger partial charge on any atom is 0.258 e. The van der Waals surface area contributed by atoms with E-state index in [9.17, 15) is 4.79 Å². The first kappa shape index (κ1) is 15.8. The third-order valence-corrected chi connectivity index (χ3v) is 6.28. The quantitative estimate of drug-likeness (QED) is 0.924. The van der Waals surface area contributed by atoms with Crippen molar-refractivity contribution in [3.05, 3.63) is 16.8 Å². The molecule has 0 spiro atoms. The van der Waals surface area contributed by atoms with E-state index < -0.39 is 0 Å². The zero-order valence-electron chi connectivity index (χ0n) is 14.0. The summed E-state index contributed by atoms with van der Waals surface area (Å²) in [6.45, 7) is 2.33. The van der Waals surface area contributed by atoms with E-state index in [1.807, 2.05) is 0 Å². The Balaban J connectivity index is 1.50. The molecule has 0 bridgehead atoms. The molecule has 0 radical (unpaired) electrons. The SMILES string of the molecule is C[C@H]1CCc2c(sc3ncnc(OCC(=O)NC4CCCC4)c23)C1. The van der Waals surface area contributed by atoms with Crippen molar-refractivity contribution in [1.82, 2.24) is 15.3 Å². The largest absolute Gasteiger partial charge is 0.467 e. The van der Waals surface area contributed by atoms with Crippen LogP contribution in [0.5, 0.6) is 5.88 Å². The van der Waals surface area contributed by atoms with Crippen molar-refractivity contribution in [1.29, 1.82) is 0 Å². The first-order valence-electron chi connectivity index (χ1n) is 8.88. The van der Waals surface area contributed by atoms with Gasteiger partial charge in [0.1, 0.15) is 11.2 Å². The molecule has 2 aliphatic carbocycles. The van der Waals surface area contributed by atoms with Crippen LogP contribution in [0.3, 0.4) is 0 Å². The van der Waals surface area contributed by atoms with Crippen LogP contribution in [0.1, 0.15) is 49.5 Å². The fraction of sp³-hybridized carbons (Fsp3) is 0.611. The number of hydrogen-bond acceptors (Lipinski definition) is 5. The summed E-state index contributed by atoms with van der Waals surface area (Å²) in [4.78, 5) is 23.2. The second-order valence-electron chi connectivity index (χ2n) is 7.05. The predicted octanol–water partition coefficient (Wildman–Crippen LogP) is 3.25. The monoisotopic (exact) mass is 345 g/mol. The van der Waals surface area contributed by atoms with Crippen LogP contribution in [0.2, 0.25) is 0 Å². The van der Waals surface area contributed by atoms with Gasteiger partial charge >= 0.3 is 0 Å². The van der Waals surface area contributed by atoms with Gasteiger partial charge < -0.3 is 10.1 Å². The molecule has 5 nitrogen and oxygen atoms in total. The molecule has 0 unspecified atom stereocenters. The van der Waals surface area contributed by atoms with Gasteiger partial charge in [-0.2, -0.15) is 0 Å². The Hall–Kier alpha value is -1.69. The van der Waals surface area contributed by atoms with Gasteiger partial charge in [0.25, 0.3) is 5.91 Å². The molecular weight excluding hydrogens is 322 g/mol. The molecule has 1 fully saturated rings. The Labute approximate surface area is 145 Å². The Kier molecular flexibility index (Phi) is 4.39. The van der Waals surface area contributed by atoms with Crippen molar-refractivity contribution >= 4 is 27.5 Å². The van der Waals surface area contributed by atoms with Crippen molar-refractivity contribution in [2.75, 3.05) is 6.61 Å². The maximum absolute atomic E-state index is 12.1. The number of ether oxygens (including phenoxy) is 1. The maximum atomic E-state index is 12.1. The lowest BCUT2D eigenvalue weighted by Crippen LogP contribution is -2.36. The average Bonchev–Trinajstić information content (AvgIpc) is 3.19. The molecule has 0 aliphatic heterocycles. The van der Waals surface area contributed by atoms with E-state index in [1.54, 1.807) is 11.3 Å². The predicted molar refractivity (Wildman–Crippen MR) is 94.5 cm³/mol. The lowest BCUT2D eigenvalue weighted by atomic mass is 9.89. The van der Waals surface area contributed by atoms with Gasteiger partial charge in [0, 0.05) is 10.9 Å². The number of carbonyl (C=O) groups excluding carboxylic acids is 1. The third-order valence-electron chi connectivity index (χ3n) is 5.12. The molecule has 6 heteroatoms. The second-order valence-corrected chi connectivity index (χ2v) is 8.13. The first-order valence-corrected chi connectivity index (χ1v) is 9.69. The smallest absolute Gasteiger partial charge is 0.258 e. The van der Waals surface area contributed by atoms with Crippen molar-refractivity contribution < 1.29 is 9.53 Å². The van der Waals surface area contributed by atoms with Gasteiger partial charge in [0.2, 0.25) is 5.88 Å². The summed E-state index contributed by atoms with van der Waals surface area (Å²) in [6, 6.07) is 0.321. The van der Waals surface area contributed by atoms with Crippen LogP contribution < -0.4 is 10.1 Å². The number of hydrogen-bond donors (Lipinski definition) is 1. The minimum absolute atomic E-state index is 0.0314. The molecule has 1 N–H and O–H groups in total. The molecular formula is C18H23N3O2S. The topological polar surface area (TPSA) is 64.1 Å². The highest BCUT2D eigenvalue weighted by atomic mass is 32.1. The Bertz CT molecular complexity index is 752. The summed E-state index contributed by atoms with van der Waals surface area (Å²) in [5.41, 5.74) is 1.33. The van der Waals surface area contributed by atoms with Gasteiger partial charge in [-0.1, -0.05) is 19.8 Å². The summed E-state index contributed by atoms with van der Waals surface area (Å²) in [7, 11) is 0. The van der Waals surface area contributed by atoms with Gasteiger partial charge in [-0.05, 0) is 43.6 Å². The fourth-order valence-electron chi connectivity index (χ4n) is 3.83. The standard InChI is InChI=1S/C18H23N3O2S/c1-11-6-7-13-14(8-11)24-18-16(13)17(19-10-20-18)23-9-15(22)21-12-4-2-3-5-12/h10-12H,2-9H2,1H3,(H,21,22)/t11-/m0/s1. The second kappa shape index (κ2) is 6.67. The molecule has 1 atom stereocenters. The molecule has 2 heterocycles. The van der Waals surface area contributed by atoms with Crippen molar-refractivity contribution in [3.8, 4) is 5.88 Å². The number of amides is 1. The highest BCUT2D eigenvalue weighted by molar-refractivity contribution is 7.18. The minimum Gasteiger partial charge on any atom is -0.467 e. The summed E-state index contributed by atoms with van der Waals surface area (Å²) in [6.07, 6.45) is 9.47. The Morgan fingerprint density at radius 2 is 2.17 bits per heavy atom. The van der Waals surface area contributed by atoms with Gasteiger partial charge in [-0.25, -0.2) is 9.97 Å². The Morgan fingerprint density at radius 3 is 3.00 bits per heavy atom. The van der Waals surface area contributed by atoms with Crippen LogP contribution in [-0.2, 0) is 17.6 Å². The summed E-state index contributed by atoms with van der Waals surface area (Å²) in [5.74, 6) is 1.24. The van der Waals surface area contributed by atoms with Gasteiger partial charge in [-0.15, -0.1) is 11.3 Å². The summed E-state index contributed by atoms with van der Waals surface area (Å²) in [5, 5.41) is 4.08. The zero-order chi connectivity index (χ0) is 16.5. The van der Waals surface area contributed by atoms with Crippen molar-refractivity contribution in [3.63, 3.8) is 0 Å². The van der Waals surface area contributed by atoms with Crippen LogP contribution >= 0.6 is 11.3 Å². The lowest BCUT2D eigenvalue weighted by Gasteiger charge is -2.18. The highest BCUT2D eigenvalue weighted by Gasteiger charge is 2.24. The fourth-order valence-corrected chi connectivity index (χ4v) is 5.17. The molecule has 0 aromatic carbocycles. The third kappa shape index (κ3) is 3.11. The number of nitrogens with one attached hydrogen (secondary N) is 1. The molecule has 0 saturated heterocycles. The summed E-state index contributed by atoms with van der Waals surface area (Å²) >= 11 is 1.75. The number of fused-ring (bicyclic) bond motifs is 3. The van der Waals surface area contributed by atoms with Crippen LogP contribution in [0.4, 0.5) is 0 Å². The van der Waals surface area contributed by atoms with E-state index in [2.05, 4.69) is 22.2 Å². The lowest BCUT2D eigenvalue weighted by molar-refractivity contribution is -0.123. The van der Waals surface area contributed by atoms with Gasteiger partial charge in [0.15, 0.2) is 6.61 Å². The number of aromatic nitrogens is 2. The molecule has 2 aromatic rings. The number of rotatable bonds is 4. The van der Waals surface area contributed by atoms with Gasteiger partial charge in [0.05, 0.1) is 5.39 Å². The molecule has 1 amide bonds. The van der Waals surface area contributed by atoms with E-state index in [4.69, 9.17) is 4.74 Å². The van der Waals surface area contributed by atoms with E-state index in [-0.39, 0.29) is 12.5 Å². The number of carbonyl (C=O) groups is 1. The van der Waals surface area contributed by atoms with E-state index in [0.717, 1.165) is 41.8 Å². The van der Waals surface area contributed by atoms with Crippen molar-refractivity contribution in [2.45, 2.75) is 57.9 Å². The molecule has 2 aliphatic rings. The highest BCUT2D eigenvalue weighted by Crippen LogP contribution is 2.40. The first-order chi connectivity index (χ1) is 11.7. The van der Waals surface area contributed by atoms with E-state index >= 15 is 0 Å². The van der Waals surface area contributed by atoms with Crippen LogP contribution in [-0.4, -0.2) is 28.5 Å². The zero-order valence-corrected chi connectivity index (χ0v) is 14.8. The van der Waals surface area contributed by atoms with Crippen LogP contribution in [0.15, 0.2) is 6.33 Å². The van der Waals surface area contributed by atoms with E-state index in [0.29, 0.717) is 11.9 Å². The van der Waals surface area contributed by atoms with Crippen molar-refractivity contribution in [2.24, 2.45) is 5.92 Å². The molecule has 128 valence electrons. The van der Waals surface area contributed by atoms with Gasteiger partial charge in [-0.3, -0.25) is 4.79 Å². The van der Waals surface area contributed by atoms with Crippen LogP contribution in [0, 0.1) is 5.92 Å². The summed E-state index contributed by atoms with van der Waals surface area (Å²) < 4.78 is 5.79. The molecule has 4 rings (SSSR count). The number of thiophene rings is 1. The normalized spacial score (nSPS) is 21.0. The molecule has 2 aromatic heterocycles. The minimum atomic E-state index is -0.0496. The van der Waals surface area contributed by atoms with Crippen LogP contribution in [0.25, 0.3) is 10.2 Å². The average molecular weight is 345 g/mol. The Morgan fingerprint density at radius 1 is 1.33 bits per heavy atom. The van der Waals surface area contributed by atoms with E-state index in [1.165, 1.54) is 36.0 Å². The number of aryl methyl sites for hydroxylation is 1. The molecule has 1 saturated carbocycles. The molecule has 24 heavy (non-hydrogen) atoms. The number of nitrogens with zero attached hydrogens (tertiary/aromatic N) is 2.